The van der Waals surface area contributed by atoms with Crippen LogP contribution in [0, 0.1) is 0 Å². The van der Waals surface area contributed by atoms with E-state index in [2.05, 4.69) is 27.5 Å². The Morgan fingerprint density at radius 3 is 2.76 bits per heavy atom. The number of benzene rings is 1. The predicted octanol–water partition coefficient (Wildman–Crippen LogP) is 5.13. The Bertz CT molecular complexity index is 590. The average Bonchev–Trinajstić information content (AvgIpc) is 2.47. The van der Waals surface area contributed by atoms with Gasteiger partial charge in [0.2, 0.25) is 5.95 Å². The van der Waals surface area contributed by atoms with Crippen molar-refractivity contribution in [2.45, 2.75) is 26.2 Å². The van der Waals surface area contributed by atoms with Crippen molar-refractivity contribution >= 4 is 40.7 Å². The van der Waals surface area contributed by atoms with Crippen LogP contribution in [-0.4, -0.2) is 16.5 Å². The van der Waals surface area contributed by atoms with Gasteiger partial charge in [0, 0.05) is 17.8 Å². The number of halogens is 2. The van der Waals surface area contributed by atoms with E-state index in [-0.39, 0.29) is 0 Å². The monoisotopic (exact) mass is 324 g/mol. The minimum Gasteiger partial charge on any atom is -0.354 e. The Kier molecular flexibility index (Phi) is 6.08. The molecule has 0 radical (unpaired) electrons. The SMILES string of the molecule is CCCCCNc1nccc(Nc2ccc(Cl)cc2Cl)n1. The van der Waals surface area contributed by atoms with E-state index in [1.54, 1.807) is 24.4 Å². The van der Waals surface area contributed by atoms with Crippen molar-refractivity contribution in [3.8, 4) is 0 Å². The molecule has 0 saturated heterocycles. The van der Waals surface area contributed by atoms with E-state index in [4.69, 9.17) is 23.2 Å². The predicted molar refractivity (Wildman–Crippen MR) is 89.8 cm³/mol. The van der Waals surface area contributed by atoms with Crippen LogP contribution in [-0.2, 0) is 0 Å². The average molecular weight is 325 g/mol. The van der Waals surface area contributed by atoms with Crippen LogP contribution in [0.3, 0.4) is 0 Å². The molecule has 6 heteroatoms. The van der Waals surface area contributed by atoms with Crippen molar-refractivity contribution in [2.75, 3.05) is 17.2 Å². The first kappa shape index (κ1) is 15.9. The maximum absolute atomic E-state index is 6.13. The van der Waals surface area contributed by atoms with Gasteiger partial charge in [-0.1, -0.05) is 43.0 Å². The number of aromatic nitrogens is 2. The zero-order valence-electron chi connectivity index (χ0n) is 11.9. The minimum atomic E-state index is 0.554. The molecule has 1 aromatic heterocycles. The highest BCUT2D eigenvalue weighted by molar-refractivity contribution is 6.36. The number of hydrogen-bond donors (Lipinski definition) is 2. The third-order valence-corrected chi connectivity index (χ3v) is 3.46. The van der Waals surface area contributed by atoms with Gasteiger partial charge in [0.1, 0.15) is 5.82 Å². The molecular formula is C15H18Cl2N4. The molecule has 2 N–H and O–H groups in total. The van der Waals surface area contributed by atoms with Gasteiger partial charge in [-0.05, 0) is 30.7 Å². The largest absolute Gasteiger partial charge is 0.354 e. The molecule has 4 nitrogen and oxygen atoms in total. The van der Waals surface area contributed by atoms with Crippen molar-refractivity contribution in [1.82, 2.24) is 9.97 Å². The number of unbranched alkanes of at least 4 members (excludes halogenated alkanes) is 2. The van der Waals surface area contributed by atoms with Gasteiger partial charge >= 0.3 is 0 Å². The highest BCUT2D eigenvalue weighted by Crippen LogP contribution is 2.27. The highest BCUT2D eigenvalue weighted by Gasteiger charge is 2.04. The van der Waals surface area contributed by atoms with Gasteiger partial charge in [0.25, 0.3) is 0 Å². The second-order valence-corrected chi connectivity index (χ2v) is 5.49. The lowest BCUT2D eigenvalue weighted by Gasteiger charge is -2.09. The summed E-state index contributed by atoms with van der Waals surface area (Å²) >= 11 is 12.0. The minimum absolute atomic E-state index is 0.554. The van der Waals surface area contributed by atoms with E-state index >= 15 is 0 Å². The first-order chi connectivity index (χ1) is 10.2. The summed E-state index contributed by atoms with van der Waals surface area (Å²) in [5.41, 5.74) is 0.761. The highest BCUT2D eigenvalue weighted by atomic mass is 35.5. The first-order valence-corrected chi connectivity index (χ1v) is 7.73. The van der Waals surface area contributed by atoms with Gasteiger partial charge in [-0.3, -0.25) is 0 Å². The Morgan fingerprint density at radius 1 is 1.14 bits per heavy atom. The molecule has 0 aliphatic carbocycles. The molecular weight excluding hydrogens is 307 g/mol. The summed E-state index contributed by atoms with van der Waals surface area (Å²) in [6.07, 6.45) is 5.21. The van der Waals surface area contributed by atoms with Crippen LogP contribution in [0.25, 0.3) is 0 Å². The summed E-state index contributed by atoms with van der Waals surface area (Å²) in [7, 11) is 0. The smallest absolute Gasteiger partial charge is 0.224 e. The number of anilines is 3. The molecule has 1 aromatic carbocycles. The van der Waals surface area contributed by atoms with Crippen molar-refractivity contribution in [2.24, 2.45) is 0 Å². The van der Waals surface area contributed by atoms with Crippen LogP contribution in [0.15, 0.2) is 30.5 Å². The summed E-state index contributed by atoms with van der Waals surface area (Å²) in [6, 6.07) is 7.08. The molecule has 0 bridgehead atoms. The van der Waals surface area contributed by atoms with Crippen LogP contribution in [0.2, 0.25) is 10.0 Å². The summed E-state index contributed by atoms with van der Waals surface area (Å²) in [4.78, 5) is 8.60. The molecule has 1 heterocycles. The molecule has 0 spiro atoms. The molecule has 0 atom stereocenters. The zero-order valence-corrected chi connectivity index (χ0v) is 13.4. The molecule has 0 unspecified atom stereocenters. The Balaban J connectivity index is 2.00. The molecule has 0 aliphatic heterocycles. The summed E-state index contributed by atoms with van der Waals surface area (Å²) in [6.45, 7) is 3.05. The van der Waals surface area contributed by atoms with Crippen molar-refractivity contribution < 1.29 is 0 Å². The van der Waals surface area contributed by atoms with Gasteiger partial charge in [-0.15, -0.1) is 0 Å². The number of rotatable bonds is 7. The van der Waals surface area contributed by atoms with E-state index in [0.29, 0.717) is 21.8 Å². The third kappa shape index (κ3) is 5.06. The van der Waals surface area contributed by atoms with Crippen LogP contribution in [0.1, 0.15) is 26.2 Å². The second kappa shape index (κ2) is 8.05. The van der Waals surface area contributed by atoms with Crippen molar-refractivity contribution in [1.29, 1.82) is 0 Å². The quantitative estimate of drug-likeness (QED) is 0.693. The molecule has 2 rings (SSSR count). The maximum atomic E-state index is 6.13. The third-order valence-electron chi connectivity index (χ3n) is 2.91. The lowest BCUT2D eigenvalue weighted by atomic mass is 10.2. The summed E-state index contributed by atoms with van der Waals surface area (Å²) in [5, 5.41) is 7.53. The fourth-order valence-corrected chi connectivity index (χ4v) is 2.27. The van der Waals surface area contributed by atoms with Crippen LogP contribution in [0.5, 0.6) is 0 Å². The van der Waals surface area contributed by atoms with E-state index in [9.17, 15) is 0 Å². The van der Waals surface area contributed by atoms with Crippen molar-refractivity contribution in [3.63, 3.8) is 0 Å². The van der Waals surface area contributed by atoms with E-state index in [1.165, 1.54) is 12.8 Å². The number of nitrogens with one attached hydrogen (secondary N) is 2. The van der Waals surface area contributed by atoms with E-state index in [1.807, 2.05) is 6.07 Å². The van der Waals surface area contributed by atoms with Gasteiger partial charge in [0.15, 0.2) is 0 Å². The summed E-state index contributed by atoms with van der Waals surface area (Å²) in [5.74, 6) is 1.30. The lowest BCUT2D eigenvalue weighted by Crippen LogP contribution is -2.06. The summed E-state index contributed by atoms with van der Waals surface area (Å²) < 4.78 is 0. The fraction of sp³-hybridized carbons (Fsp3) is 0.333. The Morgan fingerprint density at radius 2 is 2.00 bits per heavy atom. The topological polar surface area (TPSA) is 49.8 Å². The van der Waals surface area contributed by atoms with Crippen LogP contribution in [0.4, 0.5) is 17.5 Å². The zero-order chi connectivity index (χ0) is 15.1. The van der Waals surface area contributed by atoms with Gasteiger partial charge < -0.3 is 10.6 Å². The van der Waals surface area contributed by atoms with Crippen molar-refractivity contribution in [3.05, 3.63) is 40.5 Å². The molecule has 0 amide bonds. The standard InChI is InChI=1S/C15H18Cl2N4/c1-2-3-4-8-18-15-19-9-7-14(21-15)20-13-6-5-11(16)10-12(13)17/h5-7,9-10H,2-4,8H2,1H3,(H2,18,19,20,21). The van der Waals surface area contributed by atoms with Gasteiger partial charge in [0.05, 0.1) is 10.7 Å². The number of nitrogens with zero attached hydrogens (tertiary/aromatic N) is 2. The van der Waals surface area contributed by atoms with Crippen LogP contribution < -0.4 is 10.6 Å². The first-order valence-electron chi connectivity index (χ1n) is 6.98. The second-order valence-electron chi connectivity index (χ2n) is 4.65. The molecule has 0 fully saturated rings. The van der Waals surface area contributed by atoms with Gasteiger partial charge in [-0.2, -0.15) is 4.98 Å². The van der Waals surface area contributed by atoms with E-state index < -0.39 is 0 Å². The van der Waals surface area contributed by atoms with Gasteiger partial charge in [-0.25, -0.2) is 4.98 Å². The van der Waals surface area contributed by atoms with E-state index in [0.717, 1.165) is 18.7 Å². The fourth-order valence-electron chi connectivity index (χ4n) is 1.82. The number of hydrogen-bond acceptors (Lipinski definition) is 4. The van der Waals surface area contributed by atoms with Crippen LogP contribution >= 0.6 is 23.2 Å². The molecule has 112 valence electrons. The maximum Gasteiger partial charge on any atom is 0.224 e. The lowest BCUT2D eigenvalue weighted by molar-refractivity contribution is 0.740. The molecule has 0 saturated carbocycles. The normalized spacial score (nSPS) is 10.4. The Hall–Kier alpha value is -1.52. The molecule has 2 aromatic rings. The molecule has 21 heavy (non-hydrogen) atoms. The Labute approximate surface area is 134 Å². The molecule has 0 aliphatic rings.